The summed E-state index contributed by atoms with van der Waals surface area (Å²) in [5, 5.41) is 9.13. The van der Waals surface area contributed by atoms with Gasteiger partial charge < -0.3 is 9.47 Å². The molecule has 0 radical (unpaired) electrons. The number of halogens is 1. The van der Waals surface area contributed by atoms with Crippen molar-refractivity contribution >= 4 is 5.97 Å². The van der Waals surface area contributed by atoms with Crippen molar-refractivity contribution in [3.63, 3.8) is 0 Å². The Morgan fingerprint density at radius 1 is 1.26 bits per heavy atom. The Balaban J connectivity index is 2.19. The number of benzene rings is 2. The lowest BCUT2D eigenvalue weighted by Crippen LogP contribution is -2.31. The molecule has 0 saturated heterocycles. The minimum absolute atomic E-state index is 0.123. The fourth-order valence-electron chi connectivity index (χ4n) is 1.90. The van der Waals surface area contributed by atoms with Crippen LogP contribution in [0, 0.1) is 18.3 Å². The highest BCUT2D eigenvalue weighted by molar-refractivity contribution is 5.84. The number of carbonyl (C=O) groups is 1. The van der Waals surface area contributed by atoms with Crippen molar-refractivity contribution in [2.45, 2.75) is 19.2 Å². The number of carbonyl (C=O) groups excluding carboxylic acids is 1. The zero-order chi connectivity index (χ0) is 17.7. The van der Waals surface area contributed by atoms with E-state index in [1.54, 1.807) is 31.2 Å². The lowest BCUT2D eigenvalue weighted by atomic mass is 9.96. The van der Waals surface area contributed by atoms with Crippen molar-refractivity contribution < 1.29 is 20.0 Å². The van der Waals surface area contributed by atoms with Gasteiger partial charge in [-0.25, -0.2) is 9.18 Å². The van der Waals surface area contributed by atoms with Gasteiger partial charge in [-0.3, -0.25) is 0 Å². The van der Waals surface area contributed by atoms with Crippen LogP contribution in [0.4, 0.5) is 4.39 Å². The molecule has 2 aromatic carbocycles. The molecule has 4 nitrogen and oxygen atoms in total. The summed E-state index contributed by atoms with van der Waals surface area (Å²) in [6, 6.07) is 13.5. The first-order valence-electron chi connectivity index (χ1n) is 7.43. The molecule has 2 aromatic rings. The number of nitriles is 1. The molecule has 0 heterocycles. The first kappa shape index (κ1) is 15.0. The summed E-state index contributed by atoms with van der Waals surface area (Å²) in [7, 11) is 1.50. The first-order valence-corrected chi connectivity index (χ1v) is 6.85. The van der Waals surface area contributed by atoms with Gasteiger partial charge >= 0.3 is 11.6 Å². The number of hydrogen-bond acceptors (Lipinski definition) is 4. The zero-order valence-electron chi connectivity index (χ0n) is 13.7. The molecule has 0 saturated carbocycles. The Morgan fingerprint density at radius 2 is 1.87 bits per heavy atom. The molecule has 0 unspecified atom stereocenters. The van der Waals surface area contributed by atoms with Gasteiger partial charge in [-0.1, -0.05) is 42.0 Å². The summed E-state index contributed by atoms with van der Waals surface area (Å²) in [4.78, 5) is 12.1. The van der Waals surface area contributed by atoms with Gasteiger partial charge in [-0.05, 0) is 24.6 Å². The predicted octanol–water partition coefficient (Wildman–Crippen LogP) is 3.44. The molecule has 0 amide bonds. The molecule has 0 N–H and O–H groups in total. The Kier molecular flexibility index (Phi) is 4.53. The summed E-state index contributed by atoms with van der Waals surface area (Å²) in [6.45, 7) is 0.357. The summed E-state index contributed by atoms with van der Waals surface area (Å²) in [6.07, 6.45) is 0. The Bertz CT molecular complexity index is 755. The van der Waals surface area contributed by atoms with E-state index in [1.807, 2.05) is 0 Å². The number of alkyl halides is 1. The maximum absolute atomic E-state index is 14.8. The van der Waals surface area contributed by atoms with Gasteiger partial charge in [-0.15, -0.1) is 0 Å². The number of nitrogens with zero attached hydrogens (tertiary/aromatic N) is 1. The second kappa shape index (κ2) is 6.93. The molecule has 5 heteroatoms. The van der Waals surface area contributed by atoms with Crippen molar-refractivity contribution in [2.75, 3.05) is 7.11 Å². The van der Waals surface area contributed by atoms with Crippen LogP contribution in [0.2, 0.25) is 0 Å². The second-order valence-electron chi connectivity index (χ2n) is 4.93. The van der Waals surface area contributed by atoms with E-state index in [0.29, 0.717) is 11.3 Å². The van der Waals surface area contributed by atoms with Gasteiger partial charge in [0.2, 0.25) is 0 Å². The molecule has 0 bridgehead atoms. The van der Waals surface area contributed by atoms with Crippen molar-refractivity contribution in [3.05, 3.63) is 65.2 Å². The van der Waals surface area contributed by atoms with Crippen LogP contribution in [-0.4, -0.2) is 13.1 Å². The molecule has 118 valence electrons. The van der Waals surface area contributed by atoms with Crippen LogP contribution in [0.5, 0.6) is 5.75 Å². The molecule has 23 heavy (non-hydrogen) atoms. The van der Waals surface area contributed by atoms with Crippen LogP contribution in [0.25, 0.3) is 0 Å². The summed E-state index contributed by atoms with van der Waals surface area (Å²) in [5.41, 5.74) is -1.88. The van der Waals surface area contributed by atoms with Gasteiger partial charge in [0.25, 0.3) is 0 Å². The van der Waals surface area contributed by atoms with Crippen LogP contribution >= 0.6 is 0 Å². The lowest BCUT2D eigenvalue weighted by Gasteiger charge is -2.17. The minimum atomic E-state index is -2.96. The van der Waals surface area contributed by atoms with E-state index < -0.39 is 18.2 Å². The highest BCUT2D eigenvalue weighted by Crippen LogP contribution is 2.28. The molecule has 0 fully saturated rings. The van der Waals surface area contributed by atoms with E-state index in [0.717, 1.165) is 5.56 Å². The van der Waals surface area contributed by atoms with Gasteiger partial charge in [0.1, 0.15) is 18.4 Å². The first-order chi connectivity index (χ1) is 11.4. The highest BCUT2D eigenvalue weighted by Gasteiger charge is 2.43. The molecular weight excluding hydrogens is 297 g/mol. The Hall–Kier alpha value is -2.87. The van der Waals surface area contributed by atoms with E-state index in [9.17, 15) is 9.18 Å². The maximum atomic E-state index is 14.8. The summed E-state index contributed by atoms with van der Waals surface area (Å²) < 4.78 is 32.5. The zero-order valence-corrected chi connectivity index (χ0v) is 12.7. The monoisotopic (exact) mass is 314 g/mol. The van der Waals surface area contributed by atoms with Crippen molar-refractivity contribution in [3.8, 4) is 11.8 Å². The normalized spacial score (nSPS) is 14.8. The van der Waals surface area contributed by atoms with Gasteiger partial charge in [-0.2, -0.15) is 5.26 Å². The third-order valence-electron chi connectivity index (χ3n) is 3.30. The number of methoxy groups -OCH3 is 1. The highest BCUT2D eigenvalue weighted by atomic mass is 19.1. The van der Waals surface area contributed by atoms with Gasteiger partial charge in [0.15, 0.2) is 0 Å². The minimum Gasteiger partial charge on any atom is -0.497 e. The summed E-state index contributed by atoms with van der Waals surface area (Å²) in [5.74, 6) is -0.835. The molecule has 2 rings (SSSR count). The van der Waals surface area contributed by atoms with E-state index in [-0.39, 0.29) is 5.56 Å². The van der Waals surface area contributed by atoms with E-state index in [1.165, 1.54) is 37.4 Å². The van der Waals surface area contributed by atoms with Crippen LogP contribution in [0.15, 0.2) is 48.5 Å². The van der Waals surface area contributed by atoms with E-state index in [4.69, 9.17) is 16.1 Å². The van der Waals surface area contributed by atoms with Crippen LogP contribution in [-0.2, 0) is 21.8 Å². The average molecular weight is 314 g/mol. The largest absolute Gasteiger partial charge is 0.497 e. The number of rotatable bonds is 5. The Morgan fingerprint density at radius 3 is 2.39 bits per heavy atom. The van der Waals surface area contributed by atoms with Gasteiger partial charge in [0.05, 0.1) is 8.48 Å². The molecule has 0 aliphatic rings. The average Bonchev–Trinajstić information content (AvgIpc) is 2.61. The van der Waals surface area contributed by atoms with Crippen molar-refractivity contribution in [1.29, 1.82) is 5.26 Å². The van der Waals surface area contributed by atoms with Crippen LogP contribution in [0.3, 0.4) is 0 Å². The Labute approximate surface area is 135 Å². The standard InChI is InChI=1S/C18H16FNO3/c1-13-3-7-15(8-4-13)18(19,12-20)17(21)23-11-14-5-9-16(22-2)10-6-14/h3-10H,11H2,1-2H3/t18-/m1/s1/i11D/t11-,18+/m0. The molecule has 0 aliphatic heterocycles. The third kappa shape index (κ3) is 3.67. The topological polar surface area (TPSA) is 59.3 Å². The number of hydrogen-bond donors (Lipinski definition) is 0. The number of esters is 1. The molecule has 0 aliphatic carbocycles. The maximum Gasteiger partial charge on any atom is 0.364 e. The fraction of sp³-hybridized carbons (Fsp3) is 0.222. The van der Waals surface area contributed by atoms with Crippen LogP contribution < -0.4 is 4.74 Å². The van der Waals surface area contributed by atoms with Crippen molar-refractivity contribution in [1.82, 2.24) is 0 Å². The number of aryl methyl sites for hydroxylation is 1. The quantitative estimate of drug-likeness (QED) is 0.793. The van der Waals surface area contributed by atoms with E-state index in [2.05, 4.69) is 0 Å². The predicted molar refractivity (Wildman–Crippen MR) is 82.4 cm³/mol. The third-order valence-corrected chi connectivity index (χ3v) is 3.30. The lowest BCUT2D eigenvalue weighted by molar-refractivity contribution is -0.156. The second-order valence-corrected chi connectivity index (χ2v) is 4.93. The fourth-order valence-corrected chi connectivity index (χ4v) is 1.90. The number of ether oxygens (including phenoxy) is 2. The molecule has 0 spiro atoms. The molecule has 0 aromatic heterocycles. The van der Waals surface area contributed by atoms with Gasteiger partial charge in [0, 0.05) is 5.56 Å². The molecular formula is C18H16FNO3. The van der Waals surface area contributed by atoms with E-state index >= 15 is 0 Å². The molecule has 2 atom stereocenters. The summed E-state index contributed by atoms with van der Waals surface area (Å²) >= 11 is 0. The van der Waals surface area contributed by atoms with Crippen LogP contribution in [0.1, 0.15) is 18.1 Å². The smallest absolute Gasteiger partial charge is 0.364 e. The SMILES string of the molecule is [2H][C@H](OC(=O)[C@@](F)(C#N)c1ccc(C)cc1)c1ccc(OC)cc1. The van der Waals surface area contributed by atoms with Crippen molar-refractivity contribution in [2.24, 2.45) is 0 Å².